The molecule has 0 saturated carbocycles. The lowest BCUT2D eigenvalue weighted by Gasteiger charge is -2.38. The molecule has 2 aromatic rings. The minimum Gasteiger partial charge on any atom is -0.381 e. The number of benzene rings is 1. The van der Waals surface area contributed by atoms with E-state index in [0.717, 1.165) is 18.5 Å². The van der Waals surface area contributed by atoms with Crippen molar-refractivity contribution in [2.75, 3.05) is 20.2 Å². The van der Waals surface area contributed by atoms with Crippen LogP contribution in [0.3, 0.4) is 0 Å². The van der Waals surface area contributed by atoms with Crippen LogP contribution in [0.25, 0.3) is 0 Å². The van der Waals surface area contributed by atoms with Crippen LogP contribution in [0.4, 0.5) is 0 Å². The zero-order valence-electron chi connectivity index (χ0n) is 15.1. The summed E-state index contributed by atoms with van der Waals surface area (Å²) >= 11 is 0. The molecular weight excluding hydrogens is 314 g/mol. The molecule has 5 heteroatoms. The van der Waals surface area contributed by atoms with Crippen LogP contribution in [0.5, 0.6) is 0 Å². The monoisotopic (exact) mass is 339 g/mol. The molecule has 132 valence electrons. The Balaban J connectivity index is 1.73. The maximum Gasteiger partial charge on any atom is 0.274 e. The van der Waals surface area contributed by atoms with Crippen molar-refractivity contribution in [2.45, 2.75) is 32.8 Å². The number of aromatic nitrogens is 2. The van der Waals surface area contributed by atoms with E-state index in [4.69, 9.17) is 4.74 Å². The topological polar surface area (TPSA) is 55.3 Å². The minimum absolute atomic E-state index is 0.0451. The highest BCUT2D eigenvalue weighted by molar-refractivity contribution is 5.92. The number of ether oxygens (including phenoxy) is 1. The number of carbonyl (C=O) groups excluding carboxylic acids is 1. The fourth-order valence-corrected chi connectivity index (χ4v) is 3.51. The van der Waals surface area contributed by atoms with Crippen LogP contribution in [0.2, 0.25) is 0 Å². The largest absolute Gasteiger partial charge is 0.381 e. The summed E-state index contributed by atoms with van der Waals surface area (Å²) in [4.78, 5) is 23.0. The van der Waals surface area contributed by atoms with E-state index in [1.807, 2.05) is 11.8 Å². The summed E-state index contributed by atoms with van der Waals surface area (Å²) in [6.45, 7) is 5.34. The van der Waals surface area contributed by atoms with Gasteiger partial charge in [0.2, 0.25) is 0 Å². The maximum absolute atomic E-state index is 12.7. The summed E-state index contributed by atoms with van der Waals surface area (Å²) in [6, 6.07) is 8.54. The molecule has 1 saturated heterocycles. The van der Waals surface area contributed by atoms with E-state index < -0.39 is 0 Å². The van der Waals surface area contributed by atoms with Gasteiger partial charge in [0.25, 0.3) is 5.91 Å². The number of nitrogens with zero attached hydrogens (tertiary/aromatic N) is 3. The van der Waals surface area contributed by atoms with E-state index in [-0.39, 0.29) is 17.9 Å². The molecule has 1 aliphatic rings. The first-order valence-electron chi connectivity index (χ1n) is 8.73. The standard InChI is InChI=1S/C20H25N3O2/c1-14-5-4-6-16(9-14)10-17-13-23(8-7-19(17)25-3)20(24)18-12-21-15(2)11-22-18/h4-6,9,11-12,17,19H,7-8,10,13H2,1-3H3/t17-,19+/m1/s1. The van der Waals surface area contributed by atoms with Gasteiger partial charge >= 0.3 is 0 Å². The second-order valence-electron chi connectivity index (χ2n) is 6.81. The van der Waals surface area contributed by atoms with Gasteiger partial charge in [0.05, 0.1) is 18.0 Å². The molecule has 25 heavy (non-hydrogen) atoms. The van der Waals surface area contributed by atoms with Crippen LogP contribution in [0, 0.1) is 19.8 Å². The van der Waals surface area contributed by atoms with E-state index in [9.17, 15) is 4.79 Å². The Kier molecular flexibility index (Phi) is 5.43. The molecule has 3 rings (SSSR count). The number of amides is 1. The average Bonchev–Trinajstić information content (AvgIpc) is 2.62. The van der Waals surface area contributed by atoms with E-state index in [2.05, 4.69) is 41.2 Å². The van der Waals surface area contributed by atoms with Crippen LogP contribution >= 0.6 is 0 Å². The molecule has 0 radical (unpaired) electrons. The Morgan fingerprint density at radius 3 is 2.80 bits per heavy atom. The zero-order chi connectivity index (χ0) is 17.8. The number of hydrogen-bond acceptors (Lipinski definition) is 4. The molecule has 0 N–H and O–H groups in total. The number of likely N-dealkylation sites (tertiary alicyclic amines) is 1. The number of piperidine rings is 1. The third kappa shape index (κ3) is 4.23. The number of rotatable bonds is 4. The lowest BCUT2D eigenvalue weighted by atomic mass is 9.88. The fraction of sp³-hybridized carbons (Fsp3) is 0.450. The Morgan fingerprint density at radius 2 is 2.12 bits per heavy atom. The molecule has 0 aliphatic carbocycles. The molecule has 2 atom stereocenters. The van der Waals surface area contributed by atoms with Crippen molar-refractivity contribution in [3.8, 4) is 0 Å². The quantitative estimate of drug-likeness (QED) is 0.859. The summed E-state index contributed by atoms with van der Waals surface area (Å²) in [6.07, 6.45) is 5.13. The first-order valence-corrected chi connectivity index (χ1v) is 8.73. The van der Waals surface area contributed by atoms with Crippen molar-refractivity contribution in [3.63, 3.8) is 0 Å². The van der Waals surface area contributed by atoms with Gasteiger partial charge in [0.15, 0.2) is 0 Å². The molecule has 1 aliphatic heterocycles. The Bertz CT molecular complexity index is 730. The van der Waals surface area contributed by atoms with Crippen molar-refractivity contribution < 1.29 is 9.53 Å². The van der Waals surface area contributed by atoms with Gasteiger partial charge < -0.3 is 9.64 Å². The smallest absolute Gasteiger partial charge is 0.274 e. The zero-order valence-corrected chi connectivity index (χ0v) is 15.1. The highest BCUT2D eigenvalue weighted by Gasteiger charge is 2.32. The highest BCUT2D eigenvalue weighted by atomic mass is 16.5. The predicted octanol–water partition coefficient (Wildman–Crippen LogP) is 2.81. The van der Waals surface area contributed by atoms with Crippen LogP contribution in [0.15, 0.2) is 36.7 Å². The van der Waals surface area contributed by atoms with Gasteiger partial charge in [-0.25, -0.2) is 4.98 Å². The lowest BCUT2D eigenvalue weighted by molar-refractivity contribution is -0.00319. The van der Waals surface area contributed by atoms with Gasteiger partial charge in [-0.05, 0) is 32.3 Å². The van der Waals surface area contributed by atoms with Crippen molar-refractivity contribution in [1.82, 2.24) is 14.9 Å². The Morgan fingerprint density at radius 1 is 1.28 bits per heavy atom. The average molecular weight is 339 g/mol. The van der Waals surface area contributed by atoms with Gasteiger partial charge in [-0.3, -0.25) is 9.78 Å². The Labute approximate surface area is 149 Å². The van der Waals surface area contributed by atoms with E-state index in [1.165, 1.54) is 11.1 Å². The van der Waals surface area contributed by atoms with Crippen molar-refractivity contribution >= 4 is 5.91 Å². The summed E-state index contributed by atoms with van der Waals surface area (Å²) in [7, 11) is 1.76. The molecular formula is C20H25N3O2. The number of aryl methyl sites for hydroxylation is 2. The van der Waals surface area contributed by atoms with Crippen molar-refractivity contribution in [2.24, 2.45) is 5.92 Å². The molecule has 1 fully saturated rings. The number of carbonyl (C=O) groups is 1. The van der Waals surface area contributed by atoms with Crippen LogP contribution in [-0.2, 0) is 11.2 Å². The SMILES string of the molecule is CO[C@H]1CCN(C(=O)c2cnc(C)cn2)C[C@H]1Cc1cccc(C)c1. The van der Waals surface area contributed by atoms with Crippen molar-refractivity contribution in [3.05, 3.63) is 59.2 Å². The second-order valence-corrected chi connectivity index (χ2v) is 6.81. The third-order valence-electron chi connectivity index (χ3n) is 4.83. The summed E-state index contributed by atoms with van der Waals surface area (Å²) < 4.78 is 5.69. The Hall–Kier alpha value is -2.27. The third-order valence-corrected chi connectivity index (χ3v) is 4.83. The molecule has 1 aromatic carbocycles. The molecule has 1 aromatic heterocycles. The van der Waals surface area contributed by atoms with Gasteiger partial charge in [-0.15, -0.1) is 0 Å². The van der Waals surface area contributed by atoms with E-state index in [0.29, 0.717) is 18.8 Å². The van der Waals surface area contributed by atoms with E-state index in [1.54, 1.807) is 19.5 Å². The fourth-order valence-electron chi connectivity index (χ4n) is 3.51. The molecule has 0 unspecified atom stereocenters. The van der Waals surface area contributed by atoms with Crippen LogP contribution in [0.1, 0.15) is 33.7 Å². The molecule has 0 bridgehead atoms. The van der Waals surface area contributed by atoms with Crippen LogP contribution in [-0.4, -0.2) is 47.1 Å². The van der Waals surface area contributed by atoms with Gasteiger partial charge in [0, 0.05) is 32.3 Å². The molecule has 0 spiro atoms. The van der Waals surface area contributed by atoms with Gasteiger partial charge in [-0.1, -0.05) is 29.8 Å². The lowest BCUT2D eigenvalue weighted by Crippen LogP contribution is -2.47. The summed E-state index contributed by atoms with van der Waals surface area (Å²) in [5, 5.41) is 0. The first kappa shape index (κ1) is 17.5. The maximum atomic E-state index is 12.7. The minimum atomic E-state index is -0.0451. The highest BCUT2D eigenvalue weighted by Crippen LogP contribution is 2.25. The second kappa shape index (κ2) is 7.74. The number of methoxy groups -OCH3 is 1. The summed E-state index contributed by atoms with van der Waals surface area (Å²) in [5.41, 5.74) is 3.77. The molecule has 2 heterocycles. The summed E-state index contributed by atoms with van der Waals surface area (Å²) in [5.74, 6) is 0.235. The first-order chi connectivity index (χ1) is 12.1. The predicted molar refractivity (Wildman–Crippen MR) is 96.5 cm³/mol. The van der Waals surface area contributed by atoms with Gasteiger partial charge in [0.1, 0.15) is 5.69 Å². The molecule has 5 nitrogen and oxygen atoms in total. The normalized spacial score (nSPS) is 20.5. The van der Waals surface area contributed by atoms with Gasteiger partial charge in [-0.2, -0.15) is 0 Å². The van der Waals surface area contributed by atoms with Crippen LogP contribution < -0.4 is 0 Å². The molecule has 1 amide bonds. The van der Waals surface area contributed by atoms with E-state index >= 15 is 0 Å². The van der Waals surface area contributed by atoms with Crippen molar-refractivity contribution in [1.29, 1.82) is 0 Å². The number of hydrogen-bond donors (Lipinski definition) is 0.